The average molecular weight is 287 g/mol. The highest BCUT2D eigenvalue weighted by atomic mass is 19.1. The summed E-state index contributed by atoms with van der Waals surface area (Å²) in [4.78, 5) is 0. The number of nitrogens with one attached hydrogen (secondary N) is 1. The number of aliphatic hydroxyl groups is 1. The fourth-order valence-electron chi connectivity index (χ4n) is 2.91. The Bertz CT molecular complexity index is 674. The van der Waals surface area contributed by atoms with E-state index in [2.05, 4.69) is 5.32 Å². The molecule has 2 unspecified atom stereocenters. The van der Waals surface area contributed by atoms with E-state index in [0.29, 0.717) is 23.5 Å². The molecule has 1 heterocycles. The normalized spacial score (nSPS) is 21.7. The average Bonchev–Trinajstić information content (AvgIpc) is 2.63. The first-order valence-electron chi connectivity index (χ1n) is 6.98. The van der Waals surface area contributed by atoms with Crippen molar-refractivity contribution in [2.24, 2.45) is 0 Å². The van der Waals surface area contributed by atoms with Gasteiger partial charge in [-0.2, -0.15) is 0 Å². The third-order valence-corrected chi connectivity index (χ3v) is 4.22. The predicted octanol–water partition coefficient (Wildman–Crippen LogP) is 2.56. The molecule has 1 aliphatic heterocycles. The summed E-state index contributed by atoms with van der Waals surface area (Å²) >= 11 is 0. The Morgan fingerprint density at radius 3 is 2.76 bits per heavy atom. The molecule has 21 heavy (non-hydrogen) atoms. The summed E-state index contributed by atoms with van der Waals surface area (Å²) in [7, 11) is 1.77. The highest BCUT2D eigenvalue weighted by Gasteiger charge is 2.42. The quantitative estimate of drug-likeness (QED) is 0.892. The minimum Gasteiger partial charge on any atom is -0.488 e. The van der Waals surface area contributed by atoms with Gasteiger partial charge in [-0.05, 0) is 43.3 Å². The second-order valence-electron chi connectivity index (χ2n) is 5.36. The fourth-order valence-corrected chi connectivity index (χ4v) is 2.91. The van der Waals surface area contributed by atoms with Crippen LogP contribution in [0.2, 0.25) is 0 Å². The lowest BCUT2D eigenvalue weighted by atomic mass is 9.79. The molecule has 0 saturated carbocycles. The SMILES string of the molecule is CNC(C)C1(O)c2cc(F)ccc2COc2ccccc21. The molecule has 0 saturated heterocycles. The summed E-state index contributed by atoms with van der Waals surface area (Å²) < 4.78 is 19.5. The third-order valence-electron chi connectivity index (χ3n) is 4.22. The molecule has 0 aromatic heterocycles. The van der Waals surface area contributed by atoms with Crippen molar-refractivity contribution in [2.75, 3.05) is 7.05 Å². The Hall–Kier alpha value is -1.91. The monoisotopic (exact) mass is 287 g/mol. The van der Waals surface area contributed by atoms with E-state index in [0.717, 1.165) is 5.56 Å². The zero-order valence-corrected chi connectivity index (χ0v) is 12.1. The second-order valence-corrected chi connectivity index (χ2v) is 5.36. The van der Waals surface area contributed by atoms with Gasteiger partial charge in [0.2, 0.25) is 0 Å². The molecule has 0 bridgehead atoms. The van der Waals surface area contributed by atoms with Crippen LogP contribution in [0, 0.1) is 5.82 Å². The predicted molar refractivity (Wildman–Crippen MR) is 78.7 cm³/mol. The van der Waals surface area contributed by atoms with Crippen LogP contribution in [0.15, 0.2) is 42.5 Å². The molecule has 0 amide bonds. The molecular formula is C17H18FNO2. The van der Waals surface area contributed by atoms with Gasteiger partial charge in [-0.25, -0.2) is 4.39 Å². The van der Waals surface area contributed by atoms with Crippen LogP contribution in [0.4, 0.5) is 4.39 Å². The largest absolute Gasteiger partial charge is 0.488 e. The lowest BCUT2D eigenvalue weighted by Crippen LogP contribution is -2.46. The van der Waals surface area contributed by atoms with E-state index in [1.807, 2.05) is 31.2 Å². The van der Waals surface area contributed by atoms with E-state index < -0.39 is 5.60 Å². The van der Waals surface area contributed by atoms with E-state index >= 15 is 0 Å². The van der Waals surface area contributed by atoms with Gasteiger partial charge >= 0.3 is 0 Å². The maximum Gasteiger partial charge on any atom is 0.134 e. The van der Waals surface area contributed by atoms with Crippen LogP contribution < -0.4 is 10.1 Å². The van der Waals surface area contributed by atoms with Gasteiger partial charge < -0.3 is 15.2 Å². The Labute approximate surface area is 123 Å². The number of hydrogen-bond donors (Lipinski definition) is 2. The fraction of sp³-hybridized carbons (Fsp3) is 0.294. The Kier molecular flexibility index (Phi) is 3.43. The zero-order valence-electron chi connectivity index (χ0n) is 12.1. The molecule has 110 valence electrons. The molecule has 0 fully saturated rings. The summed E-state index contributed by atoms with van der Waals surface area (Å²) in [5.41, 5.74) is 0.641. The number of halogens is 1. The van der Waals surface area contributed by atoms with E-state index in [1.165, 1.54) is 12.1 Å². The van der Waals surface area contributed by atoms with Gasteiger partial charge in [0.1, 0.15) is 23.8 Å². The highest BCUT2D eigenvalue weighted by Crippen LogP contribution is 2.42. The van der Waals surface area contributed by atoms with Gasteiger partial charge in [-0.15, -0.1) is 0 Å². The van der Waals surface area contributed by atoms with Crippen LogP contribution in [0.25, 0.3) is 0 Å². The molecule has 2 aromatic rings. The standard InChI is InChI=1S/C17H18FNO2/c1-11(19-2)17(20)14-5-3-4-6-16(14)21-10-12-7-8-13(18)9-15(12)17/h3-9,11,19-20H,10H2,1-2H3. The van der Waals surface area contributed by atoms with Gasteiger partial charge in [0.25, 0.3) is 0 Å². The topological polar surface area (TPSA) is 41.5 Å². The van der Waals surface area contributed by atoms with Crippen LogP contribution in [0.5, 0.6) is 5.75 Å². The summed E-state index contributed by atoms with van der Waals surface area (Å²) in [5, 5.41) is 14.5. The molecule has 0 spiro atoms. The Morgan fingerprint density at radius 2 is 2.00 bits per heavy atom. The second kappa shape index (κ2) is 5.13. The number of para-hydroxylation sites is 1. The van der Waals surface area contributed by atoms with Crippen LogP contribution in [-0.2, 0) is 12.2 Å². The molecular weight excluding hydrogens is 269 g/mol. The lowest BCUT2D eigenvalue weighted by molar-refractivity contribution is 0.0458. The van der Waals surface area contributed by atoms with Crippen molar-refractivity contribution in [1.82, 2.24) is 5.32 Å². The van der Waals surface area contributed by atoms with Gasteiger partial charge in [0, 0.05) is 11.6 Å². The molecule has 4 heteroatoms. The number of likely N-dealkylation sites (N-methyl/N-ethyl adjacent to an activating group) is 1. The number of ether oxygens (including phenoxy) is 1. The molecule has 2 N–H and O–H groups in total. The van der Waals surface area contributed by atoms with E-state index in [4.69, 9.17) is 4.74 Å². The first-order valence-corrected chi connectivity index (χ1v) is 6.98. The number of fused-ring (bicyclic) bond motifs is 2. The van der Waals surface area contributed by atoms with E-state index in [1.54, 1.807) is 13.1 Å². The third kappa shape index (κ3) is 2.11. The summed E-state index contributed by atoms with van der Waals surface area (Å²) in [6.45, 7) is 2.18. The van der Waals surface area contributed by atoms with Gasteiger partial charge in [-0.1, -0.05) is 24.3 Å². The minimum atomic E-state index is -1.35. The molecule has 0 radical (unpaired) electrons. The lowest BCUT2D eigenvalue weighted by Gasteiger charge is -2.35. The van der Waals surface area contributed by atoms with Gasteiger partial charge in [0.15, 0.2) is 0 Å². The van der Waals surface area contributed by atoms with Crippen molar-refractivity contribution in [3.05, 3.63) is 65.0 Å². The first-order chi connectivity index (χ1) is 10.1. The van der Waals surface area contributed by atoms with Crippen molar-refractivity contribution in [3.63, 3.8) is 0 Å². The number of rotatable bonds is 2. The van der Waals surface area contributed by atoms with E-state index in [-0.39, 0.29) is 11.9 Å². The smallest absolute Gasteiger partial charge is 0.134 e. The first kappa shape index (κ1) is 14.0. The minimum absolute atomic E-state index is 0.305. The van der Waals surface area contributed by atoms with Crippen molar-refractivity contribution in [3.8, 4) is 5.75 Å². The Balaban J connectivity index is 2.32. The van der Waals surface area contributed by atoms with Crippen LogP contribution in [-0.4, -0.2) is 18.2 Å². The molecule has 3 nitrogen and oxygen atoms in total. The zero-order chi connectivity index (χ0) is 15.0. The van der Waals surface area contributed by atoms with Crippen molar-refractivity contribution in [2.45, 2.75) is 25.2 Å². The van der Waals surface area contributed by atoms with Crippen molar-refractivity contribution < 1.29 is 14.2 Å². The van der Waals surface area contributed by atoms with Crippen LogP contribution >= 0.6 is 0 Å². The molecule has 2 aromatic carbocycles. The van der Waals surface area contributed by atoms with Gasteiger partial charge in [-0.3, -0.25) is 0 Å². The maximum atomic E-state index is 13.7. The van der Waals surface area contributed by atoms with Crippen LogP contribution in [0.3, 0.4) is 0 Å². The summed E-state index contributed by atoms with van der Waals surface area (Å²) in [6, 6.07) is 11.5. The summed E-state index contributed by atoms with van der Waals surface area (Å²) in [6.07, 6.45) is 0. The Morgan fingerprint density at radius 1 is 1.24 bits per heavy atom. The molecule has 1 aliphatic rings. The maximum absolute atomic E-state index is 13.7. The van der Waals surface area contributed by atoms with Crippen molar-refractivity contribution >= 4 is 0 Å². The highest BCUT2D eigenvalue weighted by molar-refractivity contribution is 5.50. The molecule has 0 aliphatic carbocycles. The number of benzene rings is 2. The van der Waals surface area contributed by atoms with E-state index in [9.17, 15) is 9.50 Å². The molecule has 2 atom stereocenters. The van der Waals surface area contributed by atoms with Gasteiger partial charge in [0.05, 0.1) is 0 Å². The number of hydrogen-bond acceptors (Lipinski definition) is 3. The molecule has 3 rings (SSSR count). The van der Waals surface area contributed by atoms with Crippen LogP contribution in [0.1, 0.15) is 23.6 Å². The summed E-state index contributed by atoms with van der Waals surface area (Å²) in [5.74, 6) is 0.258. The van der Waals surface area contributed by atoms with Crippen molar-refractivity contribution in [1.29, 1.82) is 0 Å².